The highest BCUT2D eigenvalue weighted by molar-refractivity contribution is 5.75. The van der Waals surface area contributed by atoms with Crippen LogP contribution in [-0.4, -0.2) is 54.2 Å². The van der Waals surface area contributed by atoms with Crippen molar-refractivity contribution in [1.82, 2.24) is 15.5 Å². The number of aliphatic carboxylic acids is 1. The molecule has 0 spiro atoms. The number of likely N-dealkylation sites (tertiary alicyclic amines) is 1. The van der Waals surface area contributed by atoms with E-state index >= 15 is 0 Å². The zero-order chi connectivity index (χ0) is 14.3. The van der Waals surface area contributed by atoms with Crippen molar-refractivity contribution in [2.75, 3.05) is 26.2 Å². The van der Waals surface area contributed by atoms with Gasteiger partial charge in [-0.2, -0.15) is 0 Å². The molecule has 2 amide bonds. The highest BCUT2D eigenvalue weighted by atomic mass is 16.4. The van der Waals surface area contributed by atoms with Crippen molar-refractivity contribution in [3.8, 4) is 0 Å². The van der Waals surface area contributed by atoms with Gasteiger partial charge < -0.3 is 20.6 Å². The Morgan fingerprint density at radius 2 is 1.89 bits per heavy atom. The van der Waals surface area contributed by atoms with Crippen LogP contribution in [0.1, 0.15) is 33.1 Å². The van der Waals surface area contributed by atoms with Gasteiger partial charge in [-0.05, 0) is 31.8 Å². The topological polar surface area (TPSA) is 81.7 Å². The van der Waals surface area contributed by atoms with E-state index in [0.29, 0.717) is 6.54 Å². The largest absolute Gasteiger partial charge is 0.481 e. The van der Waals surface area contributed by atoms with E-state index in [-0.39, 0.29) is 24.4 Å². The van der Waals surface area contributed by atoms with Crippen LogP contribution in [0.15, 0.2) is 0 Å². The summed E-state index contributed by atoms with van der Waals surface area (Å²) in [4.78, 5) is 24.7. The summed E-state index contributed by atoms with van der Waals surface area (Å²) in [6.45, 7) is 7.48. The van der Waals surface area contributed by atoms with Gasteiger partial charge in [0.15, 0.2) is 0 Å². The number of nitrogens with one attached hydrogen (secondary N) is 2. The number of carboxylic acid groups (broad SMARTS) is 1. The zero-order valence-corrected chi connectivity index (χ0v) is 11.8. The number of carbonyl (C=O) groups is 2. The van der Waals surface area contributed by atoms with Crippen molar-refractivity contribution in [3.63, 3.8) is 0 Å². The molecule has 110 valence electrons. The molecule has 1 aliphatic rings. The summed E-state index contributed by atoms with van der Waals surface area (Å²) in [7, 11) is 0. The second-order valence-corrected chi connectivity index (χ2v) is 5.40. The van der Waals surface area contributed by atoms with E-state index in [2.05, 4.69) is 15.5 Å². The van der Waals surface area contributed by atoms with Crippen LogP contribution in [0.3, 0.4) is 0 Å². The van der Waals surface area contributed by atoms with Crippen LogP contribution < -0.4 is 10.6 Å². The van der Waals surface area contributed by atoms with Crippen molar-refractivity contribution in [2.45, 2.75) is 39.2 Å². The maximum absolute atomic E-state index is 11.7. The fraction of sp³-hybridized carbons (Fsp3) is 0.846. The van der Waals surface area contributed by atoms with Crippen molar-refractivity contribution < 1.29 is 14.7 Å². The Labute approximate surface area is 114 Å². The summed E-state index contributed by atoms with van der Waals surface area (Å²) < 4.78 is 0. The summed E-state index contributed by atoms with van der Waals surface area (Å²) in [6, 6.07) is -0.608. The fourth-order valence-electron chi connectivity index (χ4n) is 2.19. The summed E-state index contributed by atoms with van der Waals surface area (Å²) in [5.41, 5.74) is 0. The SMILES string of the molecule is CC(C)C(CC(=O)O)NC(=O)NCCN1CCCC1. The molecular weight excluding hydrogens is 246 g/mol. The zero-order valence-electron chi connectivity index (χ0n) is 11.8. The molecule has 0 aliphatic carbocycles. The van der Waals surface area contributed by atoms with Crippen LogP contribution in [0.2, 0.25) is 0 Å². The first-order valence-electron chi connectivity index (χ1n) is 6.97. The van der Waals surface area contributed by atoms with Gasteiger partial charge in [0.1, 0.15) is 0 Å². The maximum atomic E-state index is 11.7. The van der Waals surface area contributed by atoms with E-state index in [1.54, 1.807) is 0 Å². The predicted molar refractivity (Wildman–Crippen MR) is 73.1 cm³/mol. The first-order valence-corrected chi connectivity index (χ1v) is 6.97. The second kappa shape index (κ2) is 7.99. The number of nitrogens with zero attached hydrogens (tertiary/aromatic N) is 1. The molecule has 19 heavy (non-hydrogen) atoms. The summed E-state index contributed by atoms with van der Waals surface area (Å²) in [5.74, 6) is -0.795. The van der Waals surface area contributed by atoms with E-state index in [1.165, 1.54) is 12.8 Å². The lowest BCUT2D eigenvalue weighted by Crippen LogP contribution is -2.47. The number of urea groups is 1. The molecule has 3 N–H and O–H groups in total. The Kier molecular flexibility index (Phi) is 6.62. The number of amides is 2. The molecule has 1 heterocycles. The van der Waals surface area contributed by atoms with Gasteiger partial charge in [-0.3, -0.25) is 4.79 Å². The lowest BCUT2D eigenvalue weighted by molar-refractivity contribution is -0.137. The number of carboxylic acids is 1. The Hall–Kier alpha value is -1.30. The molecular formula is C13H25N3O3. The molecule has 0 radical (unpaired) electrons. The monoisotopic (exact) mass is 271 g/mol. The van der Waals surface area contributed by atoms with Gasteiger partial charge in [0, 0.05) is 19.1 Å². The highest BCUT2D eigenvalue weighted by Crippen LogP contribution is 2.06. The maximum Gasteiger partial charge on any atom is 0.315 e. The van der Waals surface area contributed by atoms with Crippen LogP contribution in [0, 0.1) is 5.92 Å². The average Bonchev–Trinajstić information content (AvgIpc) is 2.80. The second-order valence-electron chi connectivity index (χ2n) is 5.40. The van der Waals surface area contributed by atoms with Crippen molar-refractivity contribution in [2.24, 2.45) is 5.92 Å². The Morgan fingerprint density at radius 3 is 2.42 bits per heavy atom. The number of rotatable bonds is 7. The van der Waals surface area contributed by atoms with E-state index in [0.717, 1.165) is 19.6 Å². The smallest absolute Gasteiger partial charge is 0.315 e. The molecule has 1 aliphatic heterocycles. The third-order valence-corrected chi connectivity index (χ3v) is 3.43. The Balaban J connectivity index is 2.21. The minimum Gasteiger partial charge on any atom is -0.481 e. The molecule has 0 aromatic heterocycles. The van der Waals surface area contributed by atoms with Crippen LogP contribution >= 0.6 is 0 Å². The minimum absolute atomic E-state index is 0.0444. The van der Waals surface area contributed by atoms with E-state index < -0.39 is 5.97 Å². The standard InChI is InChI=1S/C13H25N3O3/c1-10(2)11(9-12(17)18)15-13(19)14-5-8-16-6-3-4-7-16/h10-11H,3-9H2,1-2H3,(H,17,18)(H2,14,15,19). The lowest BCUT2D eigenvalue weighted by Gasteiger charge is -2.21. The number of hydrogen-bond acceptors (Lipinski definition) is 3. The summed E-state index contributed by atoms with van der Waals surface area (Å²) >= 11 is 0. The van der Waals surface area contributed by atoms with E-state index in [4.69, 9.17) is 5.11 Å². The molecule has 1 saturated heterocycles. The minimum atomic E-state index is -0.893. The van der Waals surface area contributed by atoms with Crippen molar-refractivity contribution in [3.05, 3.63) is 0 Å². The third-order valence-electron chi connectivity index (χ3n) is 3.43. The van der Waals surface area contributed by atoms with Crippen LogP contribution in [0.4, 0.5) is 4.79 Å². The molecule has 0 bridgehead atoms. The van der Waals surface area contributed by atoms with Gasteiger partial charge in [-0.25, -0.2) is 4.79 Å². The quantitative estimate of drug-likeness (QED) is 0.642. The summed E-state index contributed by atoms with van der Waals surface area (Å²) in [6.07, 6.45) is 2.43. The normalized spacial score (nSPS) is 17.4. The predicted octanol–water partition coefficient (Wildman–Crippen LogP) is 0.881. The molecule has 0 aromatic rings. The van der Waals surface area contributed by atoms with Crippen LogP contribution in [-0.2, 0) is 4.79 Å². The molecule has 6 nitrogen and oxygen atoms in total. The first kappa shape index (κ1) is 15.8. The Bertz CT molecular complexity index is 302. The molecule has 0 aromatic carbocycles. The van der Waals surface area contributed by atoms with Gasteiger partial charge >= 0.3 is 12.0 Å². The summed E-state index contributed by atoms with van der Waals surface area (Å²) in [5, 5.41) is 14.3. The van der Waals surface area contributed by atoms with Crippen molar-refractivity contribution in [1.29, 1.82) is 0 Å². The van der Waals surface area contributed by atoms with Crippen LogP contribution in [0.5, 0.6) is 0 Å². The third kappa shape index (κ3) is 6.42. The van der Waals surface area contributed by atoms with Gasteiger partial charge in [-0.1, -0.05) is 13.8 Å². The molecule has 1 unspecified atom stereocenters. The molecule has 6 heteroatoms. The molecule has 1 fully saturated rings. The van der Waals surface area contributed by atoms with Gasteiger partial charge in [0.2, 0.25) is 0 Å². The molecule has 1 rings (SSSR count). The molecule has 0 saturated carbocycles. The number of carbonyl (C=O) groups excluding carboxylic acids is 1. The average molecular weight is 271 g/mol. The Morgan fingerprint density at radius 1 is 1.26 bits per heavy atom. The first-order chi connectivity index (χ1) is 8.99. The van der Waals surface area contributed by atoms with Crippen LogP contribution in [0.25, 0.3) is 0 Å². The van der Waals surface area contributed by atoms with Gasteiger partial charge in [-0.15, -0.1) is 0 Å². The van der Waals surface area contributed by atoms with E-state index in [1.807, 2.05) is 13.8 Å². The van der Waals surface area contributed by atoms with Crippen molar-refractivity contribution >= 4 is 12.0 Å². The van der Waals surface area contributed by atoms with Gasteiger partial charge in [0.05, 0.1) is 6.42 Å². The number of hydrogen-bond donors (Lipinski definition) is 3. The van der Waals surface area contributed by atoms with E-state index in [9.17, 15) is 9.59 Å². The lowest BCUT2D eigenvalue weighted by atomic mass is 10.0. The molecule has 1 atom stereocenters. The van der Waals surface area contributed by atoms with Gasteiger partial charge in [0.25, 0.3) is 0 Å². The fourth-order valence-corrected chi connectivity index (χ4v) is 2.19. The highest BCUT2D eigenvalue weighted by Gasteiger charge is 2.19.